The Labute approximate surface area is 123 Å². The van der Waals surface area contributed by atoms with Crippen LogP contribution in [-0.2, 0) is 10.1 Å². The van der Waals surface area contributed by atoms with Crippen LogP contribution in [0.25, 0.3) is 0 Å². The summed E-state index contributed by atoms with van der Waals surface area (Å²) in [5.74, 6) is -0.427. The molecule has 1 aromatic rings. The predicted octanol–water partition coefficient (Wildman–Crippen LogP) is 1.29. The van der Waals surface area contributed by atoms with E-state index in [4.69, 9.17) is 16.8 Å². The first kappa shape index (κ1) is 16.5. The van der Waals surface area contributed by atoms with Crippen LogP contribution >= 0.6 is 12.2 Å². The second-order valence-electron chi connectivity index (χ2n) is 3.93. The molecule has 0 aromatic heterocycles. The van der Waals surface area contributed by atoms with Gasteiger partial charge < -0.3 is 4.90 Å². The van der Waals surface area contributed by atoms with E-state index in [2.05, 4.69) is 5.32 Å². The van der Waals surface area contributed by atoms with Gasteiger partial charge in [0.05, 0.1) is 4.90 Å². The van der Waals surface area contributed by atoms with Crippen molar-refractivity contribution < 1.29 is 17.8 Å². The molecule has 1 aromatic carbocycles. The molecule has 0 radical (unpaired) electrons. The molecule has 0 unspecified atom stereocenters. The van der Waals surface area contributed by atoms with Gasteiger partial charge in [0.25, 0.3) is 16.0 Å². The van der Waals surface area contributed by atoms with E-state index in [9.17, 15) is 13.2 Å². The van der Waals surface area contributed by atoms with Crippen LogP contribution in [0.15, 0.2) is 29.2 Å². The molecule has 0 atom stereocenters. The number of amides is 1. The SMILES string of the molecule is CCN(CC)C(=S)NC(=O)c1ccc(S(=O)(=O)O)cc1. The van der Waals surface area contributed by atoms with Crippen LogP contribution in [0.4, 0.5) is 0 Å². The molecule has 1 rings (SSSR count). The summed E-state index contributed by atoms with van der Waals surface area (Å²) >= 11 is 5.09. The van der Waals surface area contributed by atoms with E-state index >= 15 is 0 Å². The van der Waals surface area contributed by atoms with Crippen molar-refractivity contribution in [3.63, 3.8) is 0 Å². The summed E-state index contributed by atoms with van der Waals surface area (Å²) in [4.78, 5) is 13.5. The summed E-state index contributed by atoms with van der Waals surface area (Å²) in [6.45, 7) is 5.19. The number of hydrogen-bond acceptors (Lipinski definition) is 4. The number of carbonyl (C=O) groups is 1. The van der Waals surface area contributed by atoms with Crippen molar-refractivity contribution in [1.82, 2.24) is 10.2 Å². The summed E-state index contributed by atoms with van der Waals surface area (Å²) in [5.41, 5.74) is 0.256. The number of rotatable bonds is 4. The zero-order valence-corrected chi connectivity index (χ0v) is 12.8. The van der Waals surface area contributed by atoms with Crippen molar-refractivity contribution >= 4 is 33.4 Å². The largest absolute Gasteiger partial charge is 0.350 e. The summed E-state index contributed by atoms with van der Waals surface area (Å²) in [7, 11) is -4.26. The Morgan fingerprint density at radius 3 is 2.15 bits per heavy atom. The van der Waals surface area contributed by atoms with Gasteiger partial charge in [-0.25, -0.2) is 0 Å². The van der Waals surface area contributed by atoms with Crippen LogP contribution in [0.2, 0.25) is 0 Å². The van der Waals surface area contributed by atoms with E-state index in [1.807, 2.05) is 13.8 Å². The lowest BCUT2D eigenvalue weighted by Crippen LogP contribution is -2.42. The van der Waals surface area contributed by atoms with Gasteiger partial charge in [-0.1, -0.05) is 0 Å². The van der Waals surface area contributed by atoms with Gasteiger partial charge in [-0.05, 0) is 50.3 Å². The Hall–Kier alpha value is -1.51. The Bertz CT molecular complexity index is 592. The van der Waals surface area contributed by atoms with Gasteiger partial charge >= 0.3 is 0 Å². The lowest BCUT2D eigenvalue weighted by atomic mass is 10.2. The summed E-state index contributed by atoms with van der Waals surface area (Å²) in [5, 5.41) is 2.88. The second kappa shape index (κ2) is 6.78. The highest BCUT2D eigenvalue weighted by molar-refractivity contribution is 7.85. The van der Waals surface area contributed by atoms with Gasteiger partial charge in [0.1, 0.15) is 0 Å². The molecule has 2 N–H and O–H groups in total. The highest BCUT2D eigenvalue weighted by atomic mass is 32.2. The van der Waals surface area contributed by atoms with Crippen molar-refractivity contribution in [2.45, 2.75) is 18.7 Å². The number of hydrogen-bond donors (Lipinski definition) is 2. The molecule has 0 aliphatic rings. The van der Waals surface area contributed by atoms with Gasteiger partial charge in [-0.2, -0.15) is 8.42 Å². The number of nitrogens with zero attached hydrogens (tertiary/aromatic N) is 1. The van der Waals surface area contributed by atoms with Gasteiger partial charge in [0, 0.05) is 18.7 Å². The molecule has 0 saturated carbocycles. The first-order valence-electron chi connectivity index (χ1n) is 5.97. The molecule has 1 amide bonds. The maximum absolute atomic E-state index is 11.9. The normalized spacial score (nSPS) is 10.9. The lowest BCUT2D eigenvalue weighted by molar-refractivity contribution is 0.0973. The third kappa shape index (κ3) is 4.26. The minimum atomic E-state index is -4.26. The molecule has 20 heavy (non-hydrogen) atoms. The van der Waals surface area contributed by atoms with Crippen LogP contribution in [0, 0.1) is 0 Å². The van der Waals surface area contributed by atoms with Gasteiger partial charge in [-0.15, -0.1) is 0 Å². The zero-order chi connectivity index (χ0) is 15.3. The zero-order valence-electron chi connectivity index (χ0n) is 11.2. The third-order valence-corrected chi connectivity index (χ3v) is 3.91. The highest BCUT2D eigenvalue weighted by Crippen LogP contribution is 2.10. The van der Waals surface area contributed by atoms with E-state index in [1.165, 1.54) is 12.1 Å². The minimum absolute atomic E-state index is 0.256. The van der Waals surface area contributed by atoms with Crippen LogP contribution < -0.4 is 5.32 Å². The van der Waals surface area contributed by atoms with Crippen molar-refractivity contribution in [2.24, 2.45) is 0 Å². The first-order chi connectivity index (χ1) is 9.29. The molecule has 0 heterocycles. The number of thiocarbonyl (C=S) groups is 1. The summed E-state index contributed by atoms with van der Waals surface area (Å²) < 4.78 is 30.6. The van der Waals surface area contributed by atoms with E-state index in [1.54, 1.807) is 4.90 Å². The molecular formula is C12H16N2O4S2. The molecule has 0 fully saturated rings. The summed E-state index contributed by atoms with van der Waals surface area (Å²) in [6.07, 6.45) is 0. The Kier molecular flexibility index (Phi) is 5.61. The fourth-order valence-electron chi connectivity index (χ4n) is 1.54. The number of carbonyl (C=O) groups excluding carboxylic acids is 1. The van der Waals surface area contributed by atoms with Crippen molar-refractivity contribution in [2.75, 3.05) is 13.1 Å². The fourth-order valence-corrected chi connectivity index (χ4v) is 2.37. The molecule has 0 aliphatic heterocycles. The standard InChI is InChI=1S/C12H16N2O4S2/c1-3-14(4-2)12(19)13-11(15)9-5-7-10(8-6-9)20(16,17)18/h5-8H,3-4H2,1-2H3,(H,13,15,19)(H,16,17,18). The average Bonchev–Trinajstić information content (AvgIpc) is 2.39. The van der Waals surface area contributed by atoms with Crippen molar-refractivity contribution in [3.05, 3.63) is 29.8 Å². The van der Waals surface area contributed by atoms with Crippen LogP contribution in [0.3, 0.4) is 0 Å². The molecule has 0 saturated heterocycles. The Morgan fingerprint density at radius 2 is 1.75 bits per heavy atom. The molecule has 0 spiro atoms. The van der Waals surface area contributed by atoms with Crippen LogP contribution in [0.5, 0.6) is 0 Å². The van der Waals surface area contributed by atoms with E-state index in [0.717, 1.165) is 12.1 Å². The smallest absolute Gasteiger partial charge is 0.294 e. The fraction of sp³-hybridized carbons (Fsp3) is 0.333. The lowest BCUT2D eigenvalue weighted by Gasteiger charge is -2.21. The van der Waals surface area contributed by atoms with Crippen LogP contribution in [0.1, 0.15) is 24.2 Å². The predicted molar refractivity (Wildman–Crippen MR) is 79.2 cm³/mol. The molecular weight excluding hydrogens is 300 g/mol. The molecule has 0 aliphatic carbocycles. The Morgan fingerprint density at radius 1 is 1.25 bits per heavy atom. The number of benzene rings is 1. The summed E-state index contributed by atoms with van der Waals surface area (Å²) in [6, 6.07) is 4.93. The van der Waals surface area contributed by atoms with E-state index < -0.39 is 16.0 Å². The topological polar surface area (TPSA) is 86.7 Å². The van der Waals surface area contributed by atoms with Gasteiger partial charge in [0.15, 0.2) is 5.11 Å². The maximum atomic E-state index is 11.9. The first-order valence-corrected chi connectivity index (χ1v) is 7.82. The molecule has 6 nitrogen and oxygen atoms in total. The van der Waals surface area contributed by atoms with Crippen molar-refractivity contribution in [1.29, 1.82) is 0 Å². The van der Waals surface area contributed by atoms with E-state index in [0.29, 0.717) is 18.2 Å². The average molecular weight is 316 g/mol. The second-order valence-corrected chi connectivity index (χ2v) is 5.74. The van der Waals surface area contributed by atoms with Crippen LogP contribution in [-0.4, -0.2) is 42.0 Å². The van der Waals surface area contributed by atoms with E-state index in [-0.39, 0.29) is 10.5 Å². The van der Waals surface area contributed by atoms with Gasteiger partial charge in [0.2, 0.25) is 0 Å². The monoisotopic (exact) mass is 316 g/mol. The third-order valence-electron chi connectivity index (χ3n) is 2.69. The molecule has 8 heteroatoms. The van der Waals surface area contributed by atoms with Crippen molar-refractivity contribution in [3.8, 4) is 0 Å². The molecule has 110 valence electrons. The minimum Gasteiger partial charge on any atom is -0.350 e. The quantitative estimate of drug-likeness (QED) is 0.643. The molecule has 0 bridgehead atoms. The Balaban J connectivity index is 2.81. The number of nitrogens with one attached hydrogen (secondary N) is 1. The maximum Gasteiger partial charge on any atom is 0.294 e. The highest BCUT2D eigenvalue weighted by Gasteiger charge is 2.13. The van der Waals surface area contributed by atoms with Gasteiger partial charge in [-0.3, -0.25) is 14.7 Å².